The van der Waals surface area contributed by atoms with Crippen LogP contribution in [0.15, 0.2) is 34.5 Å². The molecule has 0 saturated carbocycles. The van der Waals surface area contributed by atoms with Gasteiger partial charge in [0.2, 0.25) is 0 Å². The first-order valence-electron chi connectivity index (χ1n) is 4.87. The summed E-state index contributed by atoms with van der Waals surface area (Å²) < 4.78 is 36.6. The number of halogens is 1. The van der Waals surface area contributed by atoms with Crippen LogP contribution >= 0.6 is 11.3 Å². The predicted octanol–water partition coefficient (Wildman–Crippen LogP) is 2.56. The zero-order chi connectivity index (χ0) is 12.5. The highest BCUT2D eigenvalue weighted by Crippen LogP contribution is 2.18. The van der Waals surface area contributed by atoms with Crippen molar-refractivity contribution in [2.75, 3.05) is 0 Å². The van der Waals surface area contributed by atoms with Gasteiger partial charge in [0.05, 0.1) is 21.3 Å². The highest BCUT2D eigenvalue weighted by atomic mass is 32.2. The lowest BCUT2D eigenvalue weighted by Crippen LogP contribution is -2.05. The molecule has 0 N–H and O–H groups in total. The third-order valence-electron chi connectivity index (χ3n) is 2.18. The van der Waals surface area contributed by atoms with Crippen molar-refractivity contribution in [3.05, 3.63) is 46.2 Å². The zero-order valence-corrected chi connectivity index (χ0v) is 10.7. The second-order valence-electron chi connectivity index (χ2n) is 3.57. The fourth-order valence-corrected chi connectivity index (χ4v) is 3.37. The van der Waals surface area contributed by atoms with Gasteiger partial charge in [-0.3, -0.25) is 0 Å². The van der Waals surface area contributed by atoms with Crippen LogP contribution in [0.2, 0.25) is 0 Å². The maximum atomic E-state index is 12.7. The first-order chi connectivity index (χ1) is 7.97. The Bertz CT molecular complexity index is 617. The van der Waals surface area contributed by atoms with E-state index in [0.29, 0.717) is 5.69 Å². The molecule has 0 atom stereocenters. The molecular weight excluding hydrogens is 261 g/mol. The third kappa shape index (κ3) is 2.89. The number of hydrogen-bond donors (Lipinski definition) is 0. The van der Waals surface area contributed by atoms with Gasteiger partial charge in [0.1, 0.15) is 5.82 Å². The van der Waals surface area contributed by atoms with E-state index in [1.807, 2.05) is 6.92 Å². The molecule has 2 rings (SSSR count). The van der Waals surface area contributed by atoms with Crippen molar-refractivity contribution in [3.63, 3.8) is 0 Å². The average Bonchev–Trinajstić information content (AvgIpc) is 2.63. The van der Waals surface area contributed by atoms with Crippen LogP contribution in [-0.4, -0.2) is 13.4 Å². The van der Waals surface area contributed by atoms with Gasteiger partial charge in [-0.05, 0) is 31.2 Å². The van der Waals surface area contributed by atoms with Crippen LogP contribution in [-0.2, 0) is 15.6 Å². The number of aromatic nitrogens is 1. The topological polar surface area (TPSA) is 47.0 Å². The Kier molecular flexibility index (Phi) is 3.26. The molecule has 90 valence electrons. The lowest BCUT2D eigenvalue weighted by Gasteiger charge is -2.02. The van der Waals surface area contributed by atoms with Crippen LogP contribution in [0.1, 0.15) is 10.7 Å². The van der Waals surface area contributed by atoms with E-state index in [1.54, 1.807) is 5.38 Å². The fraction of sp³-hybridized carbons (Fsp3) is 0.182. The van der Waals surface area contributed by atoms with Crippen molar-refractivity contribution in [1.82, 2.24) is 4.98 Å². The van der Waals surface area contributed by atoms with Gasteiger partial charge in [0.25, 0.3) is 0 Å². The second kappa shape index (κ2) is 4.54. The smallest absolute Gasteiger partial charge is 0.184 e. The van der Waals surface area contributed by atoms with Gasteiger partial charge in [-0.25, -0.2) is 17.8 Å². The molecule has 1 aromatic carbocycles. The number of rotatable bonds is 3. The van der Waals surface area contributed by atoms with E-state index in [2.05, 4.69) is 4.98 Å². The summed E-state index contributed by atoms with van der Waals surface area (Å²) in [6, 6.07) is 4.81. The summed E-state index contributed by atoms with van der Waals surface area (Å²) in [5.74, 6) is -0.600. The molecule has 0 amide bonds. The van der Waals surface area contributed by atoms with Crippen LogP contribution in [0.4, 0.5) is 4.39 Å². The van der Waals surface area contributed by atoms with Gasteiger partial charge >= 0.3 is 0 Å². The molecule has 17 heavy (non-hydrogen) atoms. The van der Waals surface area contributed by atoms with Crippen LogP contribution < -0.4 is 0 Å². The maximum absolute atomic E-state index is 12.7. The molecule has 0 spiro atoms. The van der Waals surface area contributed by atoms with Crippen LogP contribution in [0.3, 0.4) is 0 Å². The summed E-state index contributed by atoms with van der Waals surface area (Å²) in [5.41, 5.74) is 0.525. The summed E-state index contributed by atoms with van der Waals surface area (Å²) in [6.07, 6.45) is 0. The molecule has 0 unspecified atom stereocenters. The molecule has 0 bridgehead atoms. The first kappa shape index (κ1) is 12.2. The van der Waals surface area contributed by atoms with Crippen LogP contribution in [0, 0.1) is 12.7 Å². The molecule has 3 nitrogen and oxygen atoms in total. The van der Waals surface area contributed by atoms with Crippen LogP contribution in [0.25, 0.3) is 0 Å². The number of thiazole rings is 1. The molecule has 0 radical (unpaired) electrons. The molecule has 0 saturated heterocycles. The molecule has 0 fully saturated rings. The average molecular weight is 271 g/mol. The second-order valence-corrected chi connectivity index (χ2v) is 6.62. The Morgan fingerprint density at radius 3 is 2.47 bits per heavy atom. The monoisotopic (exact) mass is 271 g/mol. The molecule has 0 aliphatic heterocycles. The lowest BCUT2D eigenvalue weighted by atomic mass is 10.4. The maximum Gasteiger partial charge on any atom is 0.184 e. The summed E-state index contributed by atoms with van der Waals surface area (Å²) >= 11 is 1.41. The van der Waals surface area contributed by atoms with Gasteiger partial charge in [-0.1, -0.05) is 0 Å². The van der Waals surface area contributed by atoms with Gasteiger partial charge in [-0.15, -0.1) is 11.3 Å². The molecule has 0 aliphatic carbocycles. The molecule has 6 heteroatoms. The summed E-state index contributed by atoms with van der Waals surface area (Å²) in [7, 11) is -3.44. The van der Waals surface area contributed by atoms with E-state index < -0.39 is 15.7 Å². The van der Waals surface area contributed by atoms with E-state index >= 15 is 0 Å². The Hall–Kier alpha value is -1.27. The molecule has 1 heterocycles. The number of nitrogens with zero attached hydrogens (tertiary/aromatic N) is 1. The van der Waals surface area contributed by atoms with E-state index in [-0.39, 0.29) is 10.6 Å². The van der Waals surface area contributed by atoms with Crippen LogP contribution in [0.5, 0.6) is 0 Å². The number of aryl methyl sites for hydroxylation is 1. The quantitative estimate of drug-likeness (QED) is 0.806. The summed E-state index contributed by atoms with van der Waals surface area (Å²) in [4.78, 5) is 4.22. The van der Waals surface area contributed by atoms with Crippen molar-refractivity contribution < 1.29 is 12.8 Å². The van der Waals surface area contributed by atoms with E-state index in [1.165, 1.54) is 23.5 Å². The number of benzene rings is 1. The van der Waals surface area contributed by atoms with Gasteiger partial charge in [0.15, 0.2) is 9.84 Å². The third-order valence-corrected chi connectivity index (χ3v) is 4.67. The van der Waals surface area contributed by atoms with Gasteiger partial charge in [0, 0.05) is 5.38 Å². The molecule has 2 aromatic rings. The Labute approximate surface area is 103 Å². The highest BCUT2D eigenvalue weighted by Gasteiger charge is 2.16. The minimum Gasteiger partial charge on any atom is -0.246 e. The largest absolute Gasteiger partial charge is 0.246 e. The number of hydrogen-bond acceptors (Lipinski definition) is 4. The van der Waals surface area contributed by atoms with Crippen molar-refractivity contribution in [1.29, 1.82) is 0 Å². The Morgan fingerprint density at radius 2 is 1.94 bits per heavy atom. The van der Waals surface area contributed by atoms with Crippen molar-refractivity contribution in [2.24, 2.45) is 0 Å². The summed E-state index contributed by atoms with van der Waals surface area (Å²) in [5, 5.41) is 2.55. The Morgan fingerprint density at radius 1 is 1.29 bits per heavy atom. The minimum absolute atomic E-state index is 0.115. The van der Waals surface area contributed by atoms with Crippen molar-refractivity contribution in [3.8, 4) is 0 Å². The van der Waals surface area contributed by atoms with E-state index in [4.69, 9.17) is 0 Å². The lowest BCUT2D eigenvalue weighted by molar-refractivity contribution is 0.593. The van der Waals surface area contributed by atoms with Crippen molar-refractivity contribution >= 4 is 21.2 Å². The van der Waals surface area contributed by atoms with E-state index in [0.717, 1.165) is 17.1 Å². The van der Waals surface area contributed by atoms with Crippen molar-refractivity contribution in [2.45, 2.75) is 17.6 Å². The zero-order valence-electron chi connectivity index (χ0n) is 9.05. The summed E-state index contributed by atoms with van der Waals surface area (Å²) in [6.45, 7) is 1.82. The number of sulfone groups is 1. The highest BCUT2D eigenvalue weighted by molar-refractivity contribution is 7.90. The fourth-order valence-electron chi connectivity index (χ4n) is 1.39. The first-order valence-corrected chi connectivity index (χ1v) is 7.40. The molecule has 0 aliphatic rings. The van der Waals surface area contributed by atoms with Gasteiger partial charge in [-0.2, -0.15) is 0 Å². The Balaban J connectivity index is 2.28. The normalized spacial score (nSPS) is 11.6. The predicted molar refractivity (Wildman–Crippen MR) is 64.1 cm³/mol. The van der Waals surface area contributed by atoms with Gasteiger partial charge < -0.3 is 0 Å². The SMILES string of the molecule is Cc1nc(CS(=O)(=O)c2ccc(F)cc2)cs1. The molecular formula is C11H10FNO2S2. The molecule has 1 aromatic heterocycles. The van der Waals surface area contributed by atoms with E-state index in [9.17, 15) is 12.8 Å². The minimum atomic E-state index is -3.44. The standard InChI is InChI=1S/C11H10FNO2S2/c1-8-13-10(6-16-8)7-17(14,15)11-4-2-9(12)3-5-11/h2-6H,7H2,1H3.